The minimum Gasteiger partial charge on any atom is -0.392 e. The smallest absolute Gasteiger partial charge is 0.123 e. The second kappa shape index (κ2) is 6.61. The van der Waals surface area contributed by atoms with E-state index in [-0.39, 0.29) is 11.9 Å². The minimum absolute atomic E-state index is 0.191. The van der Waals surface area contributed by atoms with Gasteiger partial charge in [-0.15, -0.1) is 0 Å². The summed E-state index contributed by atoms with van der Waals surface area (Å²) >= 11 is 0. The number of aliphatic hydroxyl groups excluding tert-OH is 1. The van der Waals surface area contributed by atoms with Crippen molar-refractivity contribution >= 4 is 0 Å². The lowest BCUT2D eigenvalue weighted by Crippen LogP contribution is -2.32. The largest absolute Gasteiger partial charge is 0.392 e. The zero-order chi connectivity index (χ0) is 12.0. The monoisotopic (exact) mass is 225 g/mol. The molecule has 0 aliphatic rings. The predicted molar refractivity (Wildman–Crippen MR) is 63.9 cm³/mol. The lowest BCUT2D eigenvalue weighted by atomic mass is 10.1. The van der Waals surface area contributed by atoms with E-state index in [0.717, 1.165) is 18.4 Å². The van der Waals surface area contributed by atoms with Crippen molar-refractivity contribution in [3.8, 4) is 0 Å². The third kappa shape index (κ3) is 5.24. The summed E-state index contributed by atoms with van der Waals surface area (Å²) in [4.78, 5) is 0. The third-order valence-corrected chi connectivity index (χ3v) is 2.54. The van der Waals surface area contributed by atoms with Crippen LogP contribution in [0.4, 0.5) is 4.39 Å². The highest BCUT2D eigenvalue weighted by atomic mass is 19.1. The molecule has 0 aromatic heterocycles. The number of rotatable bonds is 6. The van der Waals surface area contributed by atoms with E-state index in [9.17, 15) is 4.39 Å². The molecule has 1 aromatic rings. The van der Waals surface area contributed by atoms with Crippen LogP contribution in [0.25, 0.3) is 0 Å². The van der Waals surface area contributed by atoms with Gasteiger partial charge in [-0.25, -0.2) is 4.39 Å². The average molecular weight is 225 g/mol. The van der Waals surface area contributed by atoms with Crippen molar-refractivity contribution < 1.29 is 9.50 Å². The molecule has 0 aliphatic heterocycles. The van der Waals surface area contributed by atoms with E-state index in [1.807, 2.05) is 12.1 Å². The zero-order valence-corrected chi connectivity index (χ0v) is 9.91. The van der Waals surface area contributed by atoms with Gasteiger partial charge in [-0.1, -0.05) is 12.1 Å². The fourth-order valence-corrected chi connectivity index (χ4v) is 1.51. The van der Waals surface area contributed by atoms with Gasteiger partial charge in [0.1, 0.15) is 5.82 Å². The summed E-state index contributed by atoms with van der Waals surface area (Å²) in [5.74, 6) is -0.191. The van der Waals surface area contributed by atoms with Crippen LogP contribution in [0, 0.1) is 5.82 Å². The van der Waals surface area contributed by atoms with Crippen LogP contribution in [0.5, 0.6) is 0 Å². The molecule has 0 heterocycles. The Bertz CT molecular complexity index is 297. The van der Waals surface area contributed by atoms with Gasteiger partial charge in [0.15, 0.2) is 0 Å². The molecule has 1 rings (SSSR count). The van der Waals surface area contributed by atoms with E-state index >= 15 is 0 Å². The van der Waals surface area contributed by atoms with Crippen molar-refractivity contribution in [3.63, 3.8) is 0 Å². The van der Waals surface area contributed by atoms with Crippen LogP contribution in [-0.2, 0) is 6.42 Å². The first-order valence-electron chi connectivity index (χ1n) is 5.74. The molecule has 0 bridgehead atoms. The summed E-state index contributed by atoms with van der Waals surface area (Å²) in [5.41, 5.74) is 1.15. The normalized spacial score (nSPS) is 14.8. The molecular weight excluding hydrogens is 205 g/mol. The van der Waals surface area contributed by atoms with E-state index in [0.29, 0.717) is 12.6 Å². The topological polar surface area (TPSA) is 32.3 Å². The van der Waals surface area contributed by atoms with Crippen molar-refractivity contribution in [2.45, 2.75) is 38.8 Å². The standard InChI is InChI=1S/C13H20FNO/c1-10(15-9-11(2)16)3-4-12-5-7-13(14)8-6-12/h5-8,10-11,15-16H,3-4,9H2,1-2H3/t10?,11-/m1/s1. The summed E-state index contributed by atoms with van der Waals surface area (Å²) in [6.07, 6.45) is 1.60. The van der Waals surface area contributed by atoms with Crippen LogP contribution >= 0.6 is 0 Å². The molecule has 2 atom stereocenters. The molecule has 0 radical (unpaired) electrons. The summed E-state index contributed by atoms with van der Waals surface area (Å²) in [5, 5.41) is 12.4. The Labute approximate surface area is 96.5 Å². The Morgan fingerprint density at radius 2 is 1.88 bits per heavy atom. The molecule has 16 heavy (non-hydrogen) atoms. The number of aliphatic hydroxyl groups is 1. The SMILES string of the molecule is CC(CCc1ccc(F)cc1)NC[C@@H](C)O. The molecule has 0 aliphatic carbocycles. The Balaban J connectivity index is 2.26. The Kier molecular flexibility index (Phi) is 5.43. The highest BCUT2D eigenvalue weighted by Gasteiger charge is 2.03. The lowest BCUT2D eigenvalue weighted by Gasteiger charge is -2.14. The molecule has 0 fully saturated rings. The first kappa shape index (κ1) is 13.1. The van der Waals surface area contributed by atoms with E-state index in [1.54, 1.807) is 6.92 Å². The molecule has 90 valence electrons. The van der Waals surface area contributed by atoms with Crippen LogP contribution in [0.2, 0.25) is 0 Å². The molecule has 2 nitrogen and oxygen atoms in total. The van der Waals surface area contributed by atoms with Gasteiger partial charge in [0, 0.05) is 12.6 Å². The maximum Gasteiger partial charge on any atom is 0.123 e. The average Bonchev–Trinajstić information content (AvgIpc) is 2.25. The quantitative estimate of drug-likeness (QED) is 0.777. The second-order valence-electron chi connectivity index (χ2n) is 4.32. The number of nitrogens with one attached hydrogen (secondary N) is 1. The molecule has 2 N–H and O–H groups in total. The van der Waals surface area contributed by atoms with Crippen LogP contribution in [0.3, 0.4) is 0 Å². The van der Waals surface area contributed by atoms with Crippen LogP contribution in [-0.4, -0.2) is 23.8 Å². The Hall–Kier alpha value is -0.930. The van der Waals surface area contributed by atoms with Crippen LogP contribution in [0.1, 0.15) is 25.8 Å². The number of aryl methyl sites for hydroxylation is 1. The molecule has 0 saturated heterocycles. The maximum atomic E-state index is 12.7. The molecule has 0 amide bonds. The van der Waals surface area contributed by atoms with Gasteiger partial charge in [0.2, 0.25) is 0 Å². The van der Waals surface area contributed by atoms with Gasteiger partial charge in [0.05, 0.1) is 6.10 Å². The van der Waals surface area contributed by atoms with Gasteiger partial charge in [0.25, 0.3) is 0 Å². The maximum absolute atomic E-state index is 12.7. The summed E-state index contributed by atoms with van der Waals surface area (Å²) in [6.45, 7) is 4.47. The van der Waals surface area contributed by atoms with Crippen LogP contribution in [0.15, 0.2) is 24.3 Å². The molecule has 0 spiro atoms. The highest BCUT2D eigenvalue weighted by Crippen LogP contribution is 2.07. The molecule has 1 aromatic carbocycles. The van der Waals surface area contributed by atoms with Crippen molar-refractivity contribution in [1.29, 1.82) is 0 Å². The number of halogens is 1. The van der Waals surface area contributed by atoms with E-state index < -0.39 is 0 Å². The molecule has 0 saturated carbocycles. The molecule has 1 unspecified atom stereocenters. The summed E-state index contributed by atoms with van der Waals surface area (Å²) < 4.78 is 12.7. The zero-order valence-electron chi connectivity index (χ0n) is 9.91. The number of benzene rings is 1. The van der Waals surface area contributed by atoms with Crippen molar-refractivity contribution in [2.24, 2.45) is 0 Å². The van der Waals surface area contributed by atoms with E-state index in [1.165, 1.54) is 12.1 Å². The Morgan fingerprint density at radius 1 is 1.25 bits per heavy atom. The van der Waals surface area contributed by atoms with Crippen LogP contribution < -0.4 is 5.32 Å². The van der Waals surface area contributed by atoms with E-state index in [2.05, 4.69) is 12.2 Å². The third-order valence-electron chi connectivity index (χ3n) is 2.54. The lowest BCUT2D eigenvalue weighted by molar-refractivity contribution is 0.186. The fraction of sp³-hybridized carbons (Fsp3) is 0.538. The second-order valence-corrected chi connectivity index (χ2v) is 4.32. The van der Waals surface area contributed by atoms with E-state index in [4.69, 9.17) is 5.11 Å². The first-order valence-corrected chi connectivity index (χ1v) is 5.74. The van der Waals surface area contributed by atoms with Gasteiger partial charge in [-0.05, 0) is 44.4 Å². The molecular formula is C13H20FNO. The predicted octanol–water partition coefficient (Wildman–Crippen LogP) is 2.12. The summed E-state index contributed by atoms with van der Waals surface area (Å²) in [6, 6.07) is 6.97. The van der Waals surface area contributed by atoms with Crippen molar-refractivity contribution in [1.82, 2.24) is 5.32 Å². The fourth-order valence-electron chi connectivity index (χ4n) is 1.51. The van der Waals surface area contributed by atoms with Gasteiger partial charge < -0.3 is 10.4 Å². The highest BCUT2D eigenvalue weighted by molar-refractivity contribution is 5.16. The van der Waals surface area contributed by atoms with Crippen molar-refractivity contribution in [2.75, 3.05) is 6.54 Å². The Morgan fingerprint density at radius 3 is 2.44 bits per heavy atom. The summed E-state index contributed by atoms with van der Waals surface area (Å²) in [7, 11) is 0. The van der Waals surface area contributed by atoms with Gasteiger partial charge in [-0.2, -0.15) is 0 Å². The molecule has 3 heteroatoms. The first-order chi connectivity index (χ1) is 7.58. The van der Waals surface area contributed by atoms with Crippen molar-refractivity contribution in [3.05, 3.63) is 35.6 Å². The number of hydrogen-bond acceptors (Lipinski definition) is 2. The van der Waals surface area contributed by atoms with Gasteiger partial charge in [-0.3, -0.25) is 0 Å². The van der Waals surface area contributed by atoms with Gasteiger partial charge >= 0.3 is 0 Å². The number of hydrogen-bond donors (Lipinski definition) is 2. The minimum atomic E-state index is -0.312.